The average molecular weight is 447 g/mol. The number of ether oxygens (including phenoxy) is 2. The maximum atomic E-state index is 13.2. The fourth-order valence-corrected chi connectivity index (χ4v) is 3.89. The molecule has 0 atom stereocenters. The fourth-order valence-electron chi connectivity index (χ4n) is 3.89. The van der Waals surface area contributed by atoms with E-state index >= 15 is 0 Å². The number of amides is 1. The van der Waals surface area contributed by atoms with Crippen LogP contribution in [0.15, 0.2) is 48.7 Å². The zero-order valence-corrected chi connectivity index (χ0v) is 17.6. The van der Waals surface area contributed by atoms with E-state index in [0.717, 1.165) is 16.9 Å². The van der Waals surface area contributed by atoms with Crippen LogP contribution in [0.2, 0.25) is 0 Å². The number of pyridine rings is 1. The minimum atomic E-state index is -4.70. The molecular weight excluding hydrogens is 423 g/mol. The Balaban J connectivity index is 1.31. The van der Waals surface area contributed by atoms with E-state index in [0.29, 0.717) is 38.0 Å². The lowest BCUT2D eigenvalue weighted by Crippen LogP contribution is -2.41. The summed E-state index contributed by atoms with van der Waals surface area (Å²) in [7, 11) is 0. The van der Waals surface area contributed by atoms with E-state index in [9.17, 15) is 18.0 Å². The smallest absolute Gasteiger partial charge is 0.406 e. The zero-order chi connectivity index (χ0) is 22.7. The Morgan fingerprint density at radius 3 is 2.50 bits per heavy atom. The topological polar surface area (TPSA) is 56.1 Å². The number of carbonyl (C=O) groups excluding carboxylic acids is 1. The van der Waals surface area contributed by atoms with Crippen molar-refractivity contribution in [2.24, 2.45) is 0 Å². The Morgan fingerprint density at radius 2 is 1.84 bits per heavy atom. The highest BCUT2D eigenvalue weighted by Gasteiger charge is 2.31. The van der Waals surface area contributed by atoms with E-state index in [1.165, 1.54) is 12.1 Å². The van der Waals surface area contributed by atoms with Crippen molar-refractivity contribution >= 4 is 11.6 Å². The van der Waals surface area contributed by atoms with Crippen molar-refractivity contribution < 1.29 is 27.4 Å². The highest BCUT2D eigenvalue weighted by Crippen LogP contribution is 2.24. The Labute approximate surface area is 183 Å². The van der Waals surface area contributed by atoms with Crippen molar-refractivity contribution in [1.82, 2.24) is 14.3 Å². The number of rotatable bonds is 6. The normalized spacial score (nSPS) is 15.3. The van der Waals surface area contributed by atoms with E-state index in [4.69, 9.17) is 4.74 Å². The van der Waals surface area contributed by atoms with Crippen LogP contribution in [-0.4, -0.2) is 45.7 Å². The van der Waals surface area contributed by atoms with Crippen molar-refractivity contribution in [3.8, 4) is 5.75 Å². The van der Waals surface area contributed by atoms with Crippen molar-refractivity contribution in [1.29, 1.82) is 0 Å². The lowest BCUT2D eigenvalue weighted by molar-refractivity contribution is -0.274. The van der Waals surface area contributed by atoms with E-state index in [1.807, 2.05) is 40.6 Å². The van der Waals surface area contributed by atoms with Crippen LogP contribution >= 0.6 is 0 Å². The number of hydrogen-bond acceptors (Lipinski definition) is 4. The first-order valence-corrected chi connectivity index (χ1v) is 10.6. The molecule has 0 N–H and O–H groups in total. The first-order chi connectivity index (χ1) is 15.3. The van der Waals surface area contributed by atoms with Gasteiger partial charge in [0.1, 0.15) is 17.1 Å². The van der Waals surface area contributed by atoms with Crippen LogP contribution in [0.5, 0.6) is 5.75 Å². The van der Waals surface area contributed by atoms with Gasteiger partial charge in [-0.1, -0.05) is 25.1 Å². The number of fused-ring (bicyclic) bond motifs is 1. The number of aryl methyl sites for hydroxylation is 1. The second-order valence-electron chi connectivity index (χ2n) is 7.68. The molecule has 0 saturated carbocycles. The summed E-state index contributed by atoms with van der Waals surface area (Å²) < 4.78 is 48.4. The molecule has 1 aliphatic rings. The summed E-state index contributed by atoms with van der Waals surface area (Å²) in [5.74, 6) is -0.286. The third kappa shape index (κ3) is 5.04. The standard InChI is InChI=1S/C23H24F3N3O3/c1-2-19-21(29-12-4-3-5-20(29)27-19)22(30)28-13-10-17(11-14-28)31-15-16-6-8-18(9-7-16)32-23(24,25)26/h3-9,12,17H,2,10-11,13-15H2,1H3. The van der Waals surface area contributed by atoms with Crippen LogP contribution in [0.4, 0.5) is 13.2 Å². The third-order valence-corrected chi connectivity index (χ3v) is 5.51. The van der Waals surface area contributed by atoms with Crippen molar-refractivity contribution in [3.63, 3.8) is 0 Å². The molecular formula is C23H24F3N3O3. The number of carbonyl (C=O) groups is 1. The molecule has 4 rings (SSSR count). The summed E-state index contributed by atoms with van der Waals surface area (Å²) in [6.07, 6.45) is -0.800. The van der Waals surface area contributed by atoms with Crippen LogP contribution in [0.3, 0.4) is 0 Å². The molecule has 0 spiro atoms. The number of alkyl halides is 3. The maximum Gasteiger partial charge on any atom is 0.573 e. The maximum absolute atomic E-state index is 13.2. The highest BCUT2D eigenvalue weighted by molar-refractivity contribution is 5.94. The van der Waals surface area contributed by atoms with Crippen LogP contribution in [-0.2, 0) is 17.8 Å². The molecule has 1 amide bonds. The van der Waals surface area contributed by atoms with Gasteiger partial charge in [-0.05, 0) is 49.1 Å². The molecule has 1 fully saturated rings. The number of benzene rings is 1. The van der Waals surface area contributed by atoms with Crippen LogP contribution < -0.4 is 4.74 Å². The van der Waals surface area contributed by atoms with E-state index in [2.05, 4.69) is 9.72 Å². The SMILES string of the molecule is CCc1nc2ccccn2c1C(=O)N1CCC(OCc2ccc(OC(F)(F)F)cc2)CC1. The minimum Gasteiger partial charge on any atom is -0.406 e. The van der Waals surface area contributed by atoms with Gasteiger partial charge in [-0.25, -0.2) is 4.98 Å². The summed E-state index contributed by atoms with van der Waals surface area (Å²) >= 11 is 0. The van der Waals surface area contributed by atoms with Gasteiger partial charge in [-0.3, -0.25) is 9.20 Å². The number of imidazole rings is 1. The Bertz CT molecular complexity index is 1070. The summed E-state index contributed by atoms with van der Waals surface area (Å²) in [6.45, 7) is 3.43. The molecule has 9 heteroatoms. The lowest BCUT2D eigenvalue weighted by atomic mass is 10.1. The molecule has 0 aliphatic carbocycles. The summed E-state index contributed by atoms with van der Waals surface area (Å²) in [6, 6.07) is 11.3. The minimum absolute atomic E-state index is 0.0158. The van der Waals surface area contributed by atoms with E-state index < -0.39 is 6.36 Å². The number of likely N-dealkylation sites (tertiary alicyclic amines) is 1. The first-order valence-electron chi connectivity index (χ1n) is 10.6. The van der Waals surface area contributed by atoms with Gasteiger partial charge in [-0.15, -0.1) is 13.2 Å². The fraction of sp³-hybridized carbons (Fsp3) is 0.391. The van der Waals surface area contributed by atoms with Gasteiger partial charge in [0.15, 0.2) is 0 Å². The highest BCUT2D eigenvalue weighted by atomic mass is 19.4. The van der Waals surface area contributed by atoms with Gasteiger partial charge in [-0.2, -0.15) is 0 Å². The van der Waals surface area contributed by atoms with Gasteiger partial charge in [0.25, 0.3) is 5.91 Å². The molecule has 3 heterocycles. The van der Waals surface area contributed by atoms with Crippen molar-refractivity contribution in [2.45, 2.75) is 45.3 Å². The Kier molecular flexibility index (Phi) is 6.36. The number of piperidine rings is 1. The molecule has 1 aliphatic heterocycles. The molecule has 0 radical (unpaired) electrons. The lowest BCUT2D eigenvalue weighted by Gasteiger charge is -2.32. The molecule has 0 bridgehead atoms. The summed E-state index contributed by atoms with van der Waals surface area (Å²) in [5, 5.41) is 0. The molecule has 0 unspecified atom stereocenters. The van der Waals surface area contributed by atoms with Crippen molar-refractivity contribution in [3.05, 3.63) is 65.6 Å². The molecule has 32 heavy (non-hydrogen) atoms. The second-order valence-corrected chi connectivity index (χ2v) is 7.68. The molecule has 2 aromatic heterocycles. The monoisotopic (exact) mass is 447 g/mol. The Morgan fingerprint density at radius 1 is 1.12 bits per heavy atom. The van der Waals surface area contributed by atoms with Crippen LogP contribution in [0.25, 0.3) is 5.65 Å². The first kappa shape index (κ1) is 22.1. The largest absolute Gasteiger partial charge is 0.573 e. The zero-order valence-electron chi connectivity index (χ0n) is 17.6. The predicted octanol–water partition coefficient (Wildman–Crippen LogP) is 4.62. The molecule has 6 nitrogen and oxygen atoms in total. The molecule has 1 aromatic carbocycles. The number of hydrogen-bond donors (Lipinski definition) is 0. The van der Waals surface area contributed by atoms with Gasteiger partial charge in [0.2, 0.25) is 0 Å². The summed E-state index contributed by atoms with van der Waals surface area (Å²) in [5.41, 5.74) is 2.93. The number of nitrogens with zero attached hydrogens (tertiary/aromatic N) is 3. The van der Waals surface area contributed by atoms with Gasteiger partial charge in [0.05, 0.1) is 18.4 Å². The third-order valence-electron chi connectivity index (χ3n) is 5.51. The molecule has 170 valence electrons. The van der Waals surface area contributed by atoms with E-state index in [-0.39, 0.29) is 24.4 Å². The van der Waals surface area contributed by atoms with Crippen molar-refractivity contribution in [2.75, 3.05) is 13.1 Å². The summed E-state index contributed by atoms with van der Waals surface area (Å²) in [4.78, 5) is 19.6. The second kappa shape index (κ2) is 9.20. The average Bonchev–Trinajstić information content (AvgIpc) is 3.16. The van der Waals surface area contributed by atoms with E-state index in [1.54, 1.807) is 12.1 Å². The predicted molar refractivity (Wildman–Crippen MR) is 111 cm³/mol. The molecule has 1 saturated heterocycles. The van der Waals surface area contributed by atoms with Crippen LogP contribution in [0.1, 0.15) is 41.5 Å². The Hall–Kier alpha value is -3.07. The van der Waals surface area contributed by atoms with Gasteiger partial charge >= 0.3 is 6.36 Å². The van der Waals surface area contributed by atoms with Gasteiger partial charge in [0, 0.05) is 19.3 Å². The van der Waals surface area contributed by atoms with Gasteiger partial charge < -0.3 is 14.4 Å². The number of halogens is 3. The number of aromatic nitrogens is 2. The molecule has 3 aromatic rings. The quantitative estimate of drug-likeness (QED) is 0.554. The van der Waals surface area contributed by atoms with Crippen LogP contribution in [0, 0.1) is 0 Å².